The van der Waals surface area contributed by atoms with Gasteiger partial charge in [-0.1, -0.05) is 54.6 Å². The van der Waals surface area contributed by atoms with Gasteiger partial charge < -0.3 is 20.3 Å². The summed E-state index contributed by atoms with van der Waals surface area (Å²) in [5, 5.41) is 23.1. The number of anilines is 1. The SMILES string of the molecule is Cc1c(NC(=O)OCC2c3ccccc3-c3ccccc32)cccc1C(=O)NC(CO)C(=O)O. The van der Waals surface area contributed by atoms with Gasteiger partial charge in [-0.25, -0.2) is 9.59 Å². The first-order chi connectivity index (χ1) is 16.4. The van der Waals surface area contributed by atoms with Gasteiger partial charge >= 0.3 is 12.1 Å². The van der Waals surface area contributed by atoms with Crippen molar-refractivity contribution in [2.24, 2.45) is 0 Å². The summed E-state index contributed by atoms with van der Waals surface area (Å²) in [7, 11) is 0. The minimum Gasteiger partial charge on any atom is -0.480 e. The van der Waals surface area contributed by atoms with Gasteiger partial charge in [-0.3, -0.25) is 10.1 Å². The molecule has 174 valence electrons. The number of hydrogen-bond acceptors (Lipinski definition) is 5. The number of carbonyl (C=O) groups excluding carboxylic acids is 2. The molecule has 3 aromatic carbocycles. The van der Waals surface area contributed by atoms with Crippen LogP contribution in [-0.4, -0.2) is 47.4 Å². The van der Waals surface area contributed by atoms with E-state index in [4.69, 9.17) is 14.9 Å². The van der Waals surface area contributed by atoms with E-state index in [1.807, 2.05) is 36.4 Å². The van der Waals surface area contributed by atoms with Crippen molar-refractivity contribution in [1.29, 1.82) is 0 Å². The standard InChI is InChI=1S/C26H24N2O6/c1-15-16(24(30)27-23(13-29)25(31)32)11-6-12-22(15)28-26(33)34-14-21-19-9-4-2-7-17(19)18-8-3-5-10-20(18)21/h2-12,21,23,29H,13-14H2,1H3,(H,27,30)(H,28,33)(H,31,32). The quantitative estimate of drug-likeness (QED) is 0.428. The number of carbonyl (C=O) groups is 3. The predicted molar refractivity (Wildman–Crippen MR) is 126 cm³/mol. The van der Waals surface area contributed by atoms with Gasteiger partial charge in [0.25, 0.3) is 5.91 Å². The number of aliphatic carboxylic acids is 1. The van der Waals surface area contributed by atoms with Gasteiger partial charge in [-0.2, -0.15) is 0 Å². The number of hydrogen-bond donors (Lipinski definition) is 4. The molecule has 0 radical (unpaired) electrons. The molecule has 34 heavy (non-hydrogen) atoms. The molecule has 0 fully saturated rings. The lowest BCUT2D eigenvalue weighted by Gasteiger charge is -2.17. The first-order valence-electron chi connectivity index (χ1n) is 10.8. The Morgan fingerprint density at radius 3 is 2.15 bits per heavy atom. The molecule has 8 heteroatoms. The van der Waals surface area contributed by atoms with Crippen LogP contribution in [0, 0.1) is 6.92 Å². The molecule has 1 atom stereocenters. The average Bonchev–Trinajstić information content (AvgIpc) is 3.16. The minimum absolute atomic E-state index is 0.0807. The molecule has 0 spiro atoms. The fraction of sp³-hybridized carbons (Fsp3) is 0.192. The van der Waals surface area contributed by atoms with Crippen LogP contribution in [-0.2, 0) is 9.53 Å². The molecule has 0 aromatic heterocycles. The lowest BCUT2D eigenvalue weighted by molar-refractivity contribution is -0.140. The Labute approximate surface area is 196 Å². The summed E-state index contributed by atoms with van der Waals surface area (Å²) in [5.41, 5.74) is 5.44. The van der Waals surface area contributed by atoms with Gasteiger partial charge in [0.2, 0.25) is 0 Å². The smallest absolute Gasteiger partial charge is 0.411 e. The fourth-order valence-electron chi connectivity index (χ4n) is 4.18. The maximum absolute atomic E-state index is 12.6. The maximum Gasteiger partial charge on any atom is 0.411 e. The van der Waals surface area contributed by atoms with E-state index in [0.29, 0.717) is 11.3 Å². The number of carboxylic acid groups (broad SMARTS) is 1. The monoisotopic (exact) mass is 460 g/mol. The van der Waals surface area contributed by atoms with Crippen molar-refractivity contribution in [1.82, 2.24) is 5.32 Å². The third kappa shape index (κ3) is 4.49. The van der Waals surface area contributed by atoms with E-state index in [1.165, 1.54) is 6.07 Å². The van der Waals surface area contributed by atoms with E-state index in [2.05, 4.69) is 22.8 Å². The van der Waals surface area contributed by atoms with Crippen LogP contribution in [0.4, 0.5) is 10.5 Å². The summed E-state index contributed by atoms with van der Waals surface area (Å²) in [6.07, 6.45) is -0.665. The molecule has 2 amide bonds. The van der Waals surface area contributed by atoms with Crippen molar-refractivity contribution in [2.45, 2.75) is 18.9 Å². The maximum atomic E-state index is 12.6. The Morgan fingerprint density at radius 1 is 0.941 bits per heavy atom. The molecule has 1 unspecified atom stereocenters. The molecule has 4 N–H and O–H groups in total. The summed E-state index contributed by atoms with van der Waals surface area (Å²) in [6.45, 7) is 1.04. The number of aliphatic hydroxyl groups is 1. The molecule has 0 saturated heterocycles. The normalized spacial score (nSPS) is 12.9. The molecule has 0 saturated carbocycles. The Bertz CT molecular complexity index is 1210. The van der Waals surface area contributed by atoms with Gasteiger partial charge in [-0.15, -0.1) is 0 Å². The molecule has 4 rings (SSSR count). The van der Waals surface area contributed by atoms with Crippen LogP contribution in [0.5, 0.6) is 0 Å². The van der Waals surface area contributed by atoms with Crippen molar-refractivity contribution in [3.8, 4) is 11.1 Å². The van der Waals surface area contributed by atoms with Crippen molar-refractivity contribution in [2.75, 3.05) is 18.5 Å². The zero-order valence-electron chi connectivity index (χ0n) is 18.4. The second-order valence-electron chi connectivity index (χ2n) is 7.98. The molecule has 0 heterocycles. The minimum atomic E-state index is -1.43. The lowest BCUT2D eigenvalue weighted by atomic mass is 9.98. The summed E-state index contributed by atoms with van der Waals surface area (Å²) in [5.74, 6) is -2.10. The highest BCUT2D eigenvalue weighted by Crippen LogP contribution is 2.44. The van der Waals surface area contributed by atoms with Crippen LogP contribution in [0.3, 0.4) is 0 Å². The first-order valence-corrected chi connectivity index (χ1v) is 10.8. The molecule has 8 nitrogen and oxygen atoms in total. The Hall–Kier alpha value is -4.17. The first kappa shape index (κ1) is 23.0. The number of fused-ring (bicyclic) bond motifs is 3. The van der Waals surface area contributed by atoms with Crippen LogP contribution >= 0.6 is 0 Å². The van der Waals surface area contributed by atoms with Crippen molar-refractivity contribution in [3.05, 3.63) is 89.0 Å². The lowest BCUT2D eigenvalue weighted by Crippen LogP contribution is -2.43. The van der Waals surface area contributed by atoms with E-state index in [1.54, 1.807) is 19.1 Å². The summed E-state index contributed by atoms with van der Waals surface area (Å²) >= 11 is 0. The number of aliphatic hydroxyl groups excluding tert-OH is 1. The van der Waals surface area contributed by atoms with Gasteiger partial charge in [0.15, 0.2) is 6.04 Å². The highest BCUT2D eigenvalue weighted by atomic mass is 16.5. The van der Waals surface area contributed by atoms with Crippen molar-refractivity contribution < 1.29 is 29.3 Å². The summed E-state index contributed by atoms with van der Waals surface area (Å²) in [4.78, 5) is 36.2. The zero-order valence-corrected chi connectivity index (χ0v) is 18.4. The van der Waals surface area contributed by atoms with Crippen LogP contribution in [0.2, 0.25) is 0 Å². The average molecular weight is 460 g/mol. The van der Waals surface area contributed by atoms with Crippen molar-refractivity contribution >= 4 is 23.7 Å². The third-order valence-corrected chi connectivity index (χ3v) is 5.94. The molecule has 1 aliphatic rings. The van der Waals surface area contributed by atoms with E-state index in [-0.39, 0.29) is 18.1 Å². The molecular weight excluding hydrogens is 436 g/mol. The van der Waals surface area contributed by atoms with Gasteiger partial charge in [0.05, 0.1) is 6.61 Å². The molecule has 1 aliphatic carbocycles. The van der Waals surface area contributed by atoms with Crippen LogP contribution in [0.25, 0.3) is 11.1 Å². The number of benzene rings is 3. The third-order valence-electron chi connectivity index (χ3n) is 5.94. The fourth-order valence-corrected chi connectivity index (χ4v) is 4.18. The predicted octanol–water partition coefficient (Wildman–Crippen LogP) is 3.53. The highest BCUT2D eigenvalue weighted by molar-refractivity contribution is 6.00. The van der Waals surface area contributed by atoms with E-state index < -0.39 is 30.6 Å². The van der Waals surface area contributed by atoms with E-state index in [9.17, 15) is 14.4 Å². The second kappa shape index (κ2) is 9.76. The summed E-state index contributed by atoms with van der Waals surface area (Å²) < 4.78 is 5.55. The molecule has 0 aliphatic heterocycles. The Balaban J connectivity index is 1.45. The topological polar surface area (TPSA) is 125 Å². The zero-order chi connectivity index (χ0) is 24.2. The number of amides is 2. The van der Waals surface area contributed by atoms with Crippen LogP contribution < -0.4 is 10.6 Å². The Kier molecular flexibility index (Phi) is 6.60. The number of carboxylic acids is 1. The van der Waals surface area contributed by atoms with Crippen LogP contribution in [0.1, 0.15) is 33.0 Å². The van der Waals surface area contributed by atoms with Gasteiger partial charge in [0.1, 0.15) is 6.61 Å². The Morgan fingerprint density at radius 2 is 1.56 bits per heavy atom. The molecular formula is C26H24N2O6. The van der Waals surface area contributed by atoms with Gasteiger partial charge in [0, 0.05) is 17.2 Å². The second-order valence-corrected chi connectivity index (χ2v) is 7.98. The van der Waals surface area contributed by atoms with E-state index in [0.717, 1.165) is 22.3 Å². The largest absolute Gasteiger partial charge is 0.480 e. The number of nitrogens with one attached hydrogen (secondary N) is 2. The number of rotatable bonds is 7. The van der Waals surface area contributed by atoms with Crippen LogP contribution in [0.15, 0.2) is 66.7 Å². The molecule has 3 aromatic rings. The van der Waals surface area contributed by atoms with E-state index >= 15 is 0 Å². The molecule has 0 bridgehead atoms. The summed E-state index contributed by atoms with van der Waals surface area (Å²) in [6, 6.07) is 19.3. The van der Waals surface area contributed by atoms with Gasteiger partial charge in [-0.05, 0) is 46.9 Å². The highest BCUT2D eigenvalue weighted by Gasteiger charge is 2.29. The number of ether oxygens (including phenoxy) is 1. The van der Waals surface area contributed by atoms with Crippen molar-refractivity contribution in [3.63, 3.8) is 0 Å².